The first kappa shape index (κ1) is 33.1. The van der Waals surface area contributed by atoms with Crippen LogP contribution in [0.15, 0.2) is 11.1 Å². The smallest absolute Gasteiger partial charge is 0.406 e. The molecule has 230 valence electrons. The highest BCUT2D eigenvalue weighted by Crippen LogP contribution is 2.46. The third-order valence-corrected chi connectivity index (χ3v) is 8.86. The SMILES string of the molecule is CCOC(=O)CNP(=O)(OCCSC(=O)C(C)(C)CO)OCC1OC(n2cnc3c(=O)[nH]c(N)nc32)C(C)(O)C1O. The van der Waals surface area contributed by atoms with Gasteiger partial charge in [-0.25, -0.2) is 14.6 Å². The normalized spacial score (nSPS) is 24.4. The van der Waals surface area contributed by atoms with Crippen LogP contribution in [0.2, 0.25) is 0 Å². The average molecular weight is 623 g/mol. The number of imidazole rings is 1. The molecule has 2 aromatic rings. The van der Waals surface area contributed by atoms with Gasteiger partial charge in [-0.05, 0) is 27.7 Å². The molecule has 3 rings (SSSR count). The monoisotopic (exact) mass is 622 g/mol. The minimum Gasteiger partial charge on any atom is -0.465 e. The van der Waals surface area contributed by atoms with Gasteiger partial charge in [-0.2, -0.15) is 4.98 Å². The summed E-state index contributed by atoms with van der Waals surface area (Å²) in [7, 11) is -4.25. The van der Waals surface area contributed by atoms with E-state index in [1.807, 2.05) is 0 Å². The van der Waals surface area contributed by atoms with Gasteiger partial charge in [0.1, 0.15) is 24.4 Å². The van der Waals surface area contributed by atoms with Crippen LogP contribution in [0.5, 0.6) is 0 Å². The number of nitrogen functional groups attached to an aromatic ring is 1. The van der Waals surface area contributed by atoms with Crippen LogP contribution in [0.4, 0.5) is 5.95 Å². The van der Waals surface area contributed by atoms with Crippen molar-refractivity contribution in [1.82, 2.24) is 24.6 Å². The number of thioether (sulfide) groups is 1. The van der Waals surface area contributed by atoms with Gasteiger partial charge in [0.15, 0.2) is 22.5 Å². The molecule has 3 heterocycles. The maximum atomic E-state index is 13.4. The van der Waals surface area contributed by atoms with Crippen LogP contribution in [0, 0.1) is 5.41 Å². The molecule has 0 radical (unpaired) electrons. The molecule has 17 nitrogen and oxygen atoms in total. The number of rotatable bonds is 14. The first-order valence-electron chi connectivity index (χ1n) is 12.5. The Hall–Kier alpha value is -2.41. The van der Waals surface area contributed by atoms with E-state index in [1.54, 1.807) is 20.8 Å². The van der Waals surface area contributed by atoms with E-state index in [4.69, 9.17) is 24.3 Å². The fourth-order valence-corrected chi connectivity index (χ4v) is 5.90. The second-order valence-electron chi connectivity index (χ2n) is 9.92. The van der Waals surface area contributed by atoms with Crippen LogP contribution in [0.25, 0.3) is 11.2 Å². The zero-order valence-electron chi connectivity index (χ0n) is 22.9. The van der Waals surface area contributed by atoms with Gasteiger partial charge in [0.05, 0.1) is 38.2 Å². The largest absolute Gasteiger partial charge is 0.465 e. The summed E-state index contributed by atoms with van der Waals surface area (Å²) < 4.78 is 36.1. The summed E-state index contributed by atoms with van der Waals surface area (Å²) in [6.45, 7) is 4.39. The summed E-state index contributed by atoms with van der Waals surface area (Å²) in [5, 5.41) is 33.3. The lowest BCUT2D eigenvalue weighted by atomic mass is 9.96. The number of aliphatic hydroxyl groups excluding tert-OH is 2. The van der Waals surface area contributed by atoms with Gasteiger partial charge in [-0.15, -0.1) is 0 Å². The number of carbonyl (C=O) groups excluding carboxylic acids is 2. The number of H-pyrrole nitrogens is 1. The minimum absolute atomic E-state index is 0.00757. The molecular weight excluding hydrogens is 587 g/mol. The quantitative estimate of drug-likeness (QED) is 0.0864. The highest BCUT2D eigenvalue weighted by molar-refractivity contribution is 8.13. The molecule has 1 aliphatic heterocycles. The van der Waals surface area contributed by atoms with Gasteiger partial charge in [-0.3, -0.25) is 33.0 Å². The lowest BCUT2D eigenvalue weighted by Crippen LogP contribution is -2.44. The number of hydrogen-bond donors (Lipinski definition) is 6. The number of hydrogen-bond acceptors (Lipinski definition) is 15. The fourth-order valence-electron chi connectivity index (χ4n) is 3.72. The number of aromatic amines is 1. The van der Waals surface area contributed by atoms with Crippen molar-refractivity contribution in [2.45, 2.75) is 51.7 Å². The van der Waals surface area contributed by atoms with Crippen molar-refractivity contribution in [3.05, 3.63) is 16.7 Å². The van der Waals surface area contributed by atoms with Crippen molar-refractivity contribution in [1.29, 1.82) is 0 Å². The lowest BCUT2D eigenvalue weighted by Gasteiger charge is -2.27. The third kappa shape index (κ3) is 7.71. The first-order valence-corrected chi connectivity index (χ1v) is 15.0. The molecule has 0 saturated carbocycles. The van der Waals surface area contributed by atoms with E-state index in [9.17, 15) is 34.3 Å². The zero-order valence-corrected chi connectivity index (χ0v) is 24.6. The third-order valence-electron chi connectivity index (χ3n) is 6.11. The van der Waals surface area contributed by atoms with E-state index >= 15 is 0 Å². The van der Waals surface area contributed by atoms with Gasteiger partial charge in [-0.1, -0.05) is 11.8 Å². The molecule has 0 bridgehead atoms. The Morgan fingerprint density at radius 1 is 1.39 bits per heavy atom. The summed E-state index contributed by atoms with van der Waals surface area (Å²) in [4.78, 5) is 46.5. The molecular formula is C22H35N6O11PS. The Morgan fingerprint density at radius 2 is 2.10 bits per heavy atom. The highest BCUT2D eigenvalue weighted by atomic mass is 32.2. The number of ether oxygens (including phenoxy) is 2. The summed E-state index contributed by atoms with van der Waals surface area (Å²) in [6.07, 6.45) is -2.98. The summed E-state index contributed by atoms with van der Waals surface area (Å²) in [5.74, 6) is -0.880. The number of nitrogens with two attached hydrogens (primary N) is 1. The van der Waals surface area contributed by atoms with E-state index in [0.717, 1.165) is 11.8 Å². The molecule has 7 N–H and O–H groups in total. The second-order valence-corrected chi connectivity index (χ2v) is 12.8. The molecule has 2 aromatic heterocycles. The lowest BCUT2D eigenvalue weighted by molar-refractivity contribution is -0.141. The average Bonchev–Trinajstić information content (AvgIpc) is 3.42. The summed E-state index contributed by atoms with van der Waals surface area (Å²) >= 11 is 0.861. The number of carbonyl (C=O) groups is 2. The molecule has 0 aromatic carbocycles. The maximum absolute atomic E-state index is 13.4. The summed E-state index contributed by atoms with van der Waals surface area (Å²) in [6, 6.07) is 0. The number of fused-ring (bicyclic) bond motifs is 1. The fraction of sp³-hybridized carbons (Fsp3) is 0.682. The molecule has 0 spiro atoms. The van der Waals surface area contributed by atoms with E-state index in [0.29, 0.717) is 0 Å². The molecule has 19 heteroatoms. The van der Waals surface area contributed by atoms with Gasteiger partial charge in [0.2, 0.25) is 5.95 Å². The molecule has 41 heavy (non-hydrogen) atoms. The predicted molar refractivity (Wildman–Crippen MR) is 146 cm³/mol. The van der Waals surface area contributed by atoms with Gasteiger partial charge >= 0.3 is 13.7 Å². The molecule has 5 atom stereocenters. The van der Waals surface area contributed by atoms with E-state index in [2.05, 4.69) is 20.0 Å². The maximum Gasteiger partial charge on any atom is 0.406 e. The Bertz CT molecular complexity index is 1350. The number of anilines is 1. The van der Waals surface area contributed by atoms with Crippen molar-refractivity contribution in [3.63, 3.8) is 0 Å². The van der Waals surface area contributed by atoms with Gasteiger partial charge in [0.25, 0.3) is 5.56 Å². The Kier molecular flexibility index (Phi) is 10.7. The van der Waals surface area contributed by atoms with Crippen LogP contribution in [0.1, 0.15) is 33.9 Å². The molecule has 0 aliphatic carbocycles. The van der Waals surface area contributed by atoms with E-state index < -0.39 is 61.9 Å². The first-order chi connectivity index (χ1) is 19.1. The van der Waals surface area contributed by atoms with E-state index in [1.165, 1.54) is 17.8 Å². The highest BCUT2D eigenvalue weighted by Gasteiger charge is 2.54. The standard InChI is InChI=1S/C22H35N6O11PS/c1-5-36-13(30)8-25-40(35,37-6-7-41-19(33)21(2,3)10-29)38-9-12-15(31)22(4,34)18(39-12)28-11-24-14-16(28)26-20(23)27-17(14)32/h11-12,15,18,29,31,34H,5-10H2,1-4H3,(H,25,35)(H3,23,26,27,32). The van der Waals surface area contributed by atoms with Crippen molar-refractivity contribution in [2.75, 3.05) is 44.5 Å². The summed E-state index contributed by atoms with van der Waals surface area (Å²) in [5.41, 5.74) is 2.00. The number of nitrogens with zero attached hydrogens (tertiary/aromatic N) is 3. The van der Waals surface area contributed by atoms with Crippen LogP contribution in [0.3, 0.4) is 0 Å². The Morgan fingerprint density at radius 3 is 2.76 bits per heavy atom. The van der Waals surface area contributed by atoms with Gasteiger partial charge < -0.3 is 30.5 Å². The van der Waals surface area contributed by atoms with Crippen molar-refractivity contribution in [3.8, 4) is 0 Å². The van der Waals surface area contributed by atoms with Crippen LogP contribution in [-0.2, 0) is 32.7 Å². The zero-order chi connectivity index (χ0) is 30.6. The molecule has 0 amide bonds. The van der Waals surface area contributed by atoms with E-state index in [-0.39, 0.29) is 47.8 Å². The minimum atomic E-state index is -4.25. The second kappa shape index (κ2) is 13.3. The number of aromatic nitrogens is 4. The Balaban J connectivity index is 1.72. The van der Waals surface area contributed by atoms with Crippen molar-refractivity contribution >= 4 is 47.7 Å². The Labute approximate surface area is 238 Å². The number of aliphatic hydroxyl groups is 3. The molecule has 5 unspecified atom stereocenters. The molecule has 1 fully saturated rings. The predicted octanol–water partition coefficient (Wildman–Crippen LogP) is -0.717. The topological polar surface area (TPSA) is 250 Å². The van der Waals surface area contributed by atoms with Crippen molar-refractivity contribution < 1.29 is 48.0 Å². The van der Waals surface area contributed by atoms with Crippen molar-refractivity contribution in [2.24, 2.45) is 5.41 Å². The van der Waals surface area contributed by atoms with Gasteiger partial charge in [0, 0.05) is 5.75 Å². The van der Waals surface area contributed by atoms with Crippen LogP contribution in [-0.4, -0.2) is 102 Å². The number of nitrogens with one attached hydrogen (secondary N) is 2. The van der Waals surface area contributed by atoms with Crippen LogP contribution < -0.4 is 16.4 Å². The molecule has 1 aliphatic rings. The molecule has 1 saturated heterocycles. The van der Waals surface area contributed by atoms with Crippen LogP contribution >= 0.6 is 19.5 Å². The number of esters is 1.